The van der Waals surface area contributed by atoms with Crippen molar-refractivity contribution in [3.63, 3.8) is 0 Å². The first-order valence-electron chi connectivity index (χ1n) is 9.54. The average Bonchev–Trinajstić information content (AvgIpc) is 3.41. The molecule has 0 aliphatic rings. The topological polar surface area (TPSA) is 123 Å². The van der Waals surface area contributed by atoms with Gasteiger partial charge in [-0.3, -0.25) is 9.36 Å². The summed E-state index contributed by atoms with van der Waals surface area (Å²) in [6.45, 7) is 1.87. The Kier molecular flexibility index (Phi) is 4.60. The molecule has 0 aromatic carbocycles. The second-order valence-electron chi connectivity index (χ2n) is 6.89. The van der Waals surface area contributed by atoms with Gasteiger partial charge in [-0.25, -0.2) is 24.9 Å². The number of H-pyrrole nitrogens is 1. The maximum absolute atomic E-state index is 12.0. The number of carbonyl (C=O) groups excluding carboxylic acids is 1. The van der Waals surface area contributed by atoms with E-state index in [0.717, 1.165) is 16.6 Å². The fourth-order valence-electron chi connectivity index (χ4n) is 3.42. The quantitative estimate of drug-likeness (QED) is 0.453. The Morgan fingerprint density at radius 2 is 2.06 bits per heavy atom. The molecule has 0 atom stereocenters. The van der Waals surface area contributed by atoms with Crippen LogP contribution < -0.4 is 5.32 Å². The highest BCUT2D eigenvalue weighted by molar-refractivity contribution is 6.01. The van der Waals surface area contributed by atoms with Crippen LogP contribution in [-0.2, 0) is 9.53 Å². The number of nitrogens with zero attached hydrogens (tertiary/aromatic N) is 6. The Balaban J connectivity index is 1.67. The molecule has 10 heteroatoms. The second kappa shape index (κ2) is 7.58. The van der Waals surface area contributed by atoms with Gasteiger partial charge >= 0.3 is 0 Å². The molecule has 0 unspecified atom stereocenters. The van der Waals surface area contributed by atoms with Crippen LogP contribution in [0.2, 0.25) is 0 Å². The zero-order chi connectivity index (χ0) is 21.4. The van der Waals surface area contributed by atoms with Gasteiger partial charge in [0.15, 0.2) is 22.8 Å². The molecule has 10 nitrogen and oxygen atoms in total. The molecular formula is C21H18N8O2. The summed E-state index contributed by atoms with van der Waals surface area (Å²) in [5.74, 6) is 1.26. The molecule has 5 heterocycles. The maximum atomic E-state index is 12.0. The van der Waals surface area contributed by atoms with Crippen LogP contribution in [0.25, 0.3) is 39.4 Å². The van der Waals surface area contributed by atoms with Gasteiger partial charge in [-0.05, 0) is 31.2 Å². The fraction of sp³-hybridized carbons (Fsp3) is 0.143. The molecule has 5 rings (SSSR count). The number of imidazole rings is 1. The van der Waals surface area contributed by atoms with Crippen molar-refractivity contribution < 1.29 is 9.53 Å². The van der Waals surface area contributed by atoms with Crippen molar-refractivity contribution in [2.45, 2.75) is 6.92 Å². The van der Waals surface area contributed by atoms with Crippen LogP contribution in [-0.4, -0.2) is 54.1 Å². The van der Waals surface area contributed by atoms with E-state index in [1.165, 1.54) is 7.11 Å². The number of rotatable bonds is 5. The highest BCUT2D eigenvalue weighted by Crippen LogP contribution is 2.28. The zero-order valence-corrected chi connectivity index (χ0v) is 16.8. The number of hydrogen-bond donors (Lipinski definition) is 2. The summed E-state index contributed by atoms with van der Waals surface area (Å²) in [5, 5.41) is 3.54. The average molecular weight is 414 g/mol. The van der Waals surface area contributed by atoms with Crippen molar-refractivity contribution in [1.29, 1.82) is 0 Å². The van der Waals surface area contributed by atoms with Crippen LogP contribution in [0.5, 0.6) is 0 Å². The molecule has 0 saturated heterocycles. The van der Waals surface area contributed by atoms with Crippen LogP contribution in [0, 0.1) is 6.92 Å². The number of hydrogen-bond acceptors (Lipinski definition) is 7. The number of ether oxygens (including phenoxy) is 1. The van der Waals surface area contributed by atoms with Gasteiger partial charge in [0.25, 0.3) is 5.91 Å². The summed E-state index contributed by atoms with van der Waals surface area (Å²) in [6.07, 6.45) is 5.08. The molecule has 1 amide bonds. The molecule has 0 spiro atoms. The van der Waals surface area contributed by atoms with Crippen molar-refractivity contribution in [3.05, 3.63) is 54.7 Å². The van der Waals surface area contributed by atoms with E-state index in [0.29, 0.717) is 34.3 Å². The van der Waals surface area contributed by atoms with Gasteiger partial charge < -0.3 is 15.0 Å². The van der Waals surface area contributed by atoms with Crippen molar-refractivity contribution in [1.82, 2.24) is 34.5 Å². The van der Waals surface area contributed by atoms with Crippen LogP contribution in [0.1, 0.15) is 5.69 Å². The van der Waals surface area contributed by atoms with Crippen molar-refractivity contribution in [2.75, 3.05) is 19.0 Å². The Morgan fingerprint density at radius 3 is 2.90 bits per heavy atom. The predicted octanol–water partition coefficient (Wildman–Crippen LogP) is 2.65. The number of amides is 1. The number of fused-ring (bicyclic) bond motifs is 2. The van der Waals surface area contributed by atoms with Gasteiger partial charge in [-0.15, -0.1) is 0 Å². The van der Waals surface area contributed by atoms with Crippen molar-refractivity contribution in [2.24, 2.45) is 0 Å². The molecule has 5 aromatic heterocycles. The molecule has 0 fully saturated rings. The van der Waals surface area contributed by atoms with E-state index in [1.54, 1.807) is 12.5 Å². The lowest BCUT2D eigenvalue weighted by Gasteiger charge is -2.09. The summed E-state index contributed by atoms with van der Waals surface area (Å²) in [5.41, 5.74) is 3.59. The maximum Gasteiger partial charge on any atom is 0.251 e. The predicted molar refractivity (Wildman–Crippen MR) is 115 cm³/mol. The van der Waals surface area contributed by atoms with Crippen molar-refractivity contribution >= 4 is 33.8 Å². The lowest BCUT2D eigenvalue weighted by molar-refractivity contribution is -0.119. The Bertz CT molecular complexity index is 1420. The van der Waals surface area contributed by atoms with E-state index in [-0.39, 0.29) is 12.5 Å². The van der Waals surface area contributed by atoms with Crippen molar-refractivity contribution in [3.8, 4) is 17.3 Å². The number of pyridine rings is 2. The molecule has 0 saturated carbocycles. The largest absolute Gasteiger partial charge is 0.375 e. The van der Waals surface area contributed by atoms with Gasteiger partial charge in [0.2, 0.25) is 0 Å². The third-order valence-corrected chi connectivity index (χ3v) is 4.76. The highest BCUT2D eigenvalue weighted by Gasteiger charge is 2.17. The van der Waals surface area contributed by atoms with Crippen LogP contribution >= 0.6 is 0 Å². The first-order chi connectivity index (χ1) is 15.1. The summed E-state index contributed by atoms with van der Waals surface area (Å²) in [4.78, 5) is 37.6. The molecule has 154 valence electrons. The Morgan fingerprint density at radius 1 is 1.16 bits per heavy atom. The van der Waals surface area contributed by atoms with E-state index in [9.17, 15) is 4.79 Å². The zero-order valence-electron chi connectivity index (χ0n) is 16.8. The molecule has 2 N–H and O–H groups in total. The number of nitrogens with one attached hydrogen (secondary N) is 2. The minimum Gasteiger partial charge on any atom is -0.375 e. The van der Waals surface area contributed by atoms with Crippen LogP contribution in [0.3, 0.4) is 0 Å². The summed E-state index contributed by atoms with van der Waals surface area (Å²) < 4.78 is 6.78. The second-order valence-corrected chi connectivity index (χ2v) is 6.89. The van der Waals surface area contributed by atoms with Gasteiger partial charge in [0, 0.05) is 30.6 Å². The van der Waals surface area contributed by atoms with E-state index in [1.807, 2.05) is 48.0 Å². The van der Waals surface area contributed by atoms with Gasteiger partial charge in [-0.2, -0.15) is 0 Å². The standard InChI is InChI=1S/C21H18N8O2/c1-12-4-3-5-14(25-12)19-27-20-17(23-11-24-20)21(28-19)29-9-7-13-15(29)6-8-22-18(13)26-16(30)10-31-2/h3-9,11H,10H2,1-2H3,(H,22,26,30)(H,23,24,27,28). The van der Waals surface area contributed by atoms with E-state index in [2.05, 4.69) is 30.2 Å². The minimum atomic E-state index is -0.278. The van der Waals surface area contributed by atoms with Gasteiger partial charge in [-0.1, -0.05) is 6.07 Å². The number of aryl methyl sites for hydroxylation is 1. The lowest BCUT2D eigenvalue weighted by atomic mass is 10.3. The molecule has 31 heavy (non-hydrogen) atoms. The van der Waals surface area contributed by atoms with Gasteiger partial charge in [0.05, 0.1) is 11.8 Å². The van der Waals surface area contributed by atoms with Crippen LogP contribution in [0.15, 0.2) is 49.1 Å². The third-order valence-electron chi connectivity index (χ3n) is 4.76. The number of aromatic amines is 1. The first-order valence-corrected chi connectivity index (χ1v) is 9.54. The summed E-state index contributed by atoms with van der Waals surface area (Å²) >= 11 is 0. The van der Waals surface area contributed by atoms with Gasteiger partial charge in [0.1, 0.15) is 18.1 Å². The van der Waals surface area contributed by atoms with E-state index < -0.39 is 0 Å². The summed E-state index contributed by atoms with van der Waals surface area (Å²) in [6, 6.07) is 9.44. The molecular weight excluding hydrogens is 396 g/mol. The first kappa shape index (κ1) is 18.8. The number of aromatic nitrogens is 7. The fourth-order valence-corrected chi connectivity index (χ4v) is 3.42. The van der Waals surface area contributed by atoms with Crippen LogP contribution in [0.4, 0.5) is 5.82 Å². The number of carbonyl (C=O) groups is 1. The molecule has 0 radical (unpaired) electrons. The minimum absolute atomic E-state index is 0.0502. The van der Waals surface area contributed by atoms with E-state index in [4.69, 9.17) is 9.72 Å². The normalized spacial score (nSPS) is 11.3. The third kappa shape index (κ3) is 3.38. The smallest absolute Gasteiger partial charge is 0.251 e. The Hall–Kier alpha value is -4.18. The molecule has 5 aromatic rings. The monoisotopic (exact) mass is 414 g/mol. The molecule has 0 bridgehead atoms. The number of methoxy groups -OCH3 is 1. The molecule has 0 aliphatic heterocycles. The SMILES string of the molecule is COCC(=O)Nc1nccc2c1ccn2-c1nc(-c2cccc(C)n2)nc2[nH]cnc12. The lowest BCUT2D eigenvalue weighted by Crippen LogP contribution is -2.18. The molecule has 0 aliphatic carbocycles. The Labute approximate surface area is 176 Å². The number of anilines is 1. The summed E-state index contributed by atoms with van der Waals surface area (Å²) in [7, 11) is 1.47. The van der Waals surface area contributed by atoms with E-state index >= 15 is 0 Å². The highest BCUT2D eigenvalue weighted by atomic mass is 16.5.